The molecule has 1 aliphatic heterocycles. The van der Waals surface area contributed by atoms with Crippen LogP contribution in [-0.2, 0) is 6.42 Å². The van der Waals surface area contributed by atoms with Gasteiger partial charge in [-0.05, 0) is 38.6 Å². The maximum Gasteiger partial charge on any atom is 0.317 e. The number of para-hydroxylation sites is 1. The Hall–Kier alpha value is -1.75. The lowest BCUT2D eigenvalue weighted by molar-refractivity contribution is 0.0433. The molecule has 1 aromatic rings. The van der Waals surface area contributed by atoms with Crippen LogP contribution in [0, 0.1) is 0 Å². The lowest BCUT2D eigenvalue weighted by Gasteiger charge is -2.39. The number of likely N-dealkylation sites (tertiary alicyclic amines) is 1. The van der Waals surface area contributed by atoms with Crippen molar-refractivity contribution in [2.75, 3.05) is 33.7 Å². The molecule has 2 amide bonds. The SMILES string of the molecule is CCc1ccccc1OC1CN(C(=O)NC[C@@H](CC)N(C)C)C1. The van der Waals surface area contributed by atoms with Gasteiger partial charge < -0.3 is 19.9 Å². The standard InChI is InChI=1S/C18H29N3O2/c1-5-14-9-7-8-10-17(14)23-16-12-21(13-16)18(22)19-11-15(6-2)20(3)4/h7-10,15-16H,5-6,11-13H2,1-4H3,(H,19,22)/t15-/m1/s1. The van der Waals surface area contributed by atoms with E-state index in [4.69, 9.17) is 4.74 Å². The molecule has 1 aliphatic rings. The van der Waals surface area contributed by atoms with Gasteiger partial charge in [0.05, 0.1) is 13.1 Å². The Labute approximate surface area is 139 Å². The Bertz CT molecular complexity index is 513. The van der Waals surface area contributed by atoms with Gasteiger partial charge in [0.25, 0.3) is 0 Å². The first-order valence-corrected chi connectivity index (χ1v) is 8.48. The molecule has 1 saturated heterocycles. The van der Waals surface area contributed by atoms with Crippen molar-refractivity contribution in [1.82, 2.24) is 15.1 Å². The maximum absolute atomic E-state index is 12.1. The van der Waals surface area contributed by atoms with E-state index in [2.05, 4.69) is 30.1 Å². The number of amides is 2. The number of carbonyl (C=O) groups is 1. The van der Waals surface area contributed by atoms with Crippen molar-refractivity contribution >= 4 is 6.03 Å². The van der Waals surface area contributed by atoms with Crippen LogP contribution >= 0.6 is 0 Å². The van der Waals surface area contributed by atoms with E-state index in [1.54, 1.807) is 0 Å². The van der Waals surface area contributed by atoms with E-state index in [9.17, 15) is 4.79 Å². The van der Waals surface area contributed by atoms with E-state index in [0.717, 1.165) is 18.6 Å². The van der Waals surface area contributed by atoms with Gasteiger partial charge in [0.15, 0.2) is 0 Å². The summed E-state index contributed by atoms with van der Waals surface area (Å²) in [6.07, 6.45) is 2.08. The number of urea groups is 1. The molecule has 23 heavy (non-hydrogen) atoms. The van der Waals surface area contributed by atoms with E-state index in [-0.39, 0.29) is 12.1 Å². The first kappa shape index (κ1) is 17.6. The van der Waals surface area contributed by atoms with Crippen molar-refractivity contribution in [3.8, 4) is 5.75 Å². The summed E-state index contributed by atoms with van der Waals surface area (Å²) in [5.74, 6) is 0.943. The number of nitrogens with one attached hydrogen (secondary N) is 1. The molecular formula is C18H29N3O2. The van der Waals surface area contributed by atoms with Gasteiger partial charge in [-0.25, -0.2) is 4.79 Å². The molecule has 1 fully saturated rings. The lowest BCUT2D eigenvalue weighted by Crippen LogP contribution is -2.59. The number of likely N-dealkylation sites (N-methyl/N-ethyl adjacent to an activating group) is 1. The fourth-order valence-corrected chi connectivity index (χ4v) is 2.78. The predicted molar refractivity (Wildman–Crippen MR) is 93.0 cm³/mol. The zero-order valence-corrected chi connectivity index (χ0v) is 14.7. The molecule has 0 unspecified atom stereocenters. The molecule has 0 bridgehead atoms. The van der Waals surface area contributed by atoms with Crippen LogP contribution in [0.1, 0.15) is 25.8 Å². The topological polar surface area (TPSA) is 44.8 Å². The average molecular weight is 319 g/mol. The third-order valence-electron chi connectivity index (χ3n) is 4.47. The molecule has 0 aliphatic carbocycles. The summed E-state index contributed by atoms with van der Waals surface area (Å²) >= 11 is 0. The van der Waals surface area contributed by atoms with Crippen LogP contribution in [0.3, 0.4) is 0 Å². The van der Waals surface area contributed by atoms with Crippen molar-refractivity contribution in [2.45, 2.75) is 38.8 Å². The molecule has 2 rings (SSSR count). The minimum Gasteiger partial charge on any atom is -0.486 e. The van der Waals surface area contributed by atoms with E-state index >= 15 is 0 Å². The van der Waals surface area contributed by atoms with Crippen LogP contribution in [0.25, 0.3) is 0 Å². The minimum absolute atomic E-state index is 0.00827. The van der Waals surface area contributed by atoms with Gasteiger partial charge in [-0.15, -0.1) is 0 Å². The number of rotatable bonds is 7. The number of nitrogens with zero attached hydrogens (tertiary/aromatic N) is 2. The normalized spacial score (nSPS) is 16.1. The lowest BCUT2D eigenvalue weighted by atomic mass is 10.1. The summed E-state index contributed by atoms with van der Waals surface area (Å²) in [7, 11) is 4.08. The van der Waals surface area contributed by atoms with Crippen LogP contribution in [0.5, 0.6) is 5.75 Å². The summed E-state index contributed by atoms with van der Waals surface area (Å²) in [5, 5.41) is 3.01. The summed E-state index contributed by atoms with van der Waals surface area (Å²) in [6, 6.07) is 8.50. The summed E-state index contributed by atoms with van der Waals surface area (Å²) in [6.45, 7) is 6.25. The third-order valence-corrected chi connectivity index (χ3v) is 4.47. The molecule has 0 radical (unpaired) electrons. The first-order valence-electron chi connectivity index (χ1n) is 8.48. The minimum atomic E-state index is 0.00827. The Morgan fingerprint density at radius 1 is 1.35 bits per heavy atom. The number of carbonyl (C=O) groups excluding carboxylic acids is 1. The number of aryl methyl sites for hydroxylation is 1. The molecule has 1 aromatic carbocycles. The highest BCUT2D eigenvalue weighted by Crippen LogP contribution is 2.22. The predicted octanol–water partition coefficient (Wildman–Crippen LogP) is 2.36. The van der Waals surface area contributed by atoms with Crippen molar-refractivity contribution < 1.29 is 9.53 Å². The Kier molecular flexibility index (Phi) is 6.28. The molecule has 128 valence electrons. The van der Waals surface area contributed by atoms with Gasteiger partial charge >= 0.3 is 6.03 Å². The smallest absolute Gasteiger partial charge is 0.317 e. The van der Waals surface area contributed by atoms with Crippen molar-refractivity contribution in [1.29, 1.82) is 0 Å². The number of ether oxygens (including phenoxy) is 1. The maximum atomic E-state index is 12.1. The molecule has 0 aromatic heterocycles. The second kappa shape index (κ2) is 8.20. The van der Waals surface area contributed by atoms with E-state index in [0.29, 0.717) is 25.7 Å². The van der Waals surface area contributed by atoms with Gasteiger partial charge in [0.2, 0.25) is 0 Å². The average Bonchev–Trinajstić information content (AvgIpc) is 2.50. The molecule has 5 nitrogen and oxygen atoms in total. The van der Waals surface area contributed by atoms with Crippen LogP contribution in [0.4, 0.5) is 4.79 Å². The van der Waals surface area contributed by atoms with Crippen LogP contribution < -0.4 is 10.1 Å². The zero-order valence-electron chi connectivity index (χ0n) is 14.7. The first-order chi connectivity index (χ1) is 11.0. The van der Waals surface area contributed by atoms with Gasteiger partial charge in [0.1, 0.15) is 11.9 Å². The number of hydrogen-bond donors (Lipinski definition) is 1. The quantitative estimate of drug-likeness (QED) is 0.839. The summed E-state index contributed by atoms with van der Waals surface area (Å²) < 4.78 is 6.01. The van der Waals surface area contributed by atoms with Crippen LogP contribution in [0.15, 0.2) is 24.3 Å². The fraction of sp³-hybridized carbons (Fsp3) is 0.611. The molecule has 5 heteroatoms. The Balaban J connectivity index is 1.75. The van der Waals surface area contributed by atoms with Crippen molar-refractivity contribution in [2.24, 2.45) is 0 Å². The Morgan fingerprint density at radius 3 is 2.65 bits per heavy atom. The number of hydrogen-bond acceptors (Lipinski definition) is 3. The van der Waals surface area contributed by atoms with E-state index < -0.39 is 0 Å². The van der Waals surface area contributed by atoms with Gasteiger partial charge in [-0.2, -0.15) is 0 Å². The van der Waals surface area contributed by atoms with Crippen molar-refractivity contribution in [3.05, 3.63) is 29.8 Å². The monoisotopic (exact) mass is 319 g/mol. The Morgan fingerprint density at radius 2 is 2.04 bits per heavy atom. The van der Waals surface area contributed by atoms with E-state index in [1.165, 1.54) is 5.56 Å². The highest BCUT2D eigenvalue weighted by molar-refractivity contribution is 5.75. The fourth-order valence-electron chi connectivity index (χ4n) is 2.78. The molecule has 1 N–H and O–H groups in total. The molecule has 0 spiro atoms. The second-order valence-electron chi connectivity index (χ2n) is 6.32. The molecular weight excluding hydrogens is 290 g/mol. The third kappa shape index (κ3) is 4.61. The zero-order chi connectivity index (χ0) is 16.8. The van der Waals surface area contributed by atoms with Crippen molar-refractivity contribution in [3.63, 3.8) is 0 Å². The van der Waals surface area contributed by atoms with Crippen LogP contribution in [0.2, 0.25) is 0 Å². The largest absolute Gasteiger partial charge is 0.486 e. The van der Waals surface area contributed by atoms with Gasteiger partial charge in [-0.3, -0.25) is 0 Å². The number of benzene rings is 1. The second-order valence-corrected chi connectivity index (χ2v) is 6.32. The highest BCUT2D eigenvalue weighted by Gasteiger charge is 2.32. The van der Waals surface area contributed by atoms with Crippen LogP contribution in [-0.4, -0.2) is 61.7 Å². The molecule has 0 saturated carbocycles. The van der Waals surface area contributed by atoms with Gasteiger partial charge in [-0.1, -0.05) is 32.0 Å². The summed E-state index contributed by atoms with van der Waals surface area (Å²) in [4.78, 5) is 16.1. The van der Waals surface area contributed by atoms with E-state index in [1.807, 2.05) is 37.2 Å². The highest BCUT2D eigenvalue weighted by atomic mass is 16.5. The molecule has 1 atom stereocenters. The molecule has 1 heterocycles. The van der Waals surface area contributed by atoms with Gasteiger partial charge in [0, 0.05) is 12.6 Å². The summed E-state index contributed by atoms with van der Waals surface area (Å²) in [5.41, 5.74) is 1.21.